The Bertz CT molecular complexity index is 986. The Balaban J connectivity index is 2.52. The number of aliphatic carboxylic acids is 1. The second-order valence-electron chi connectivity index (χ2n) is 5.28. The molecule has 1 heterocycles. The molecule has 0 aliphatic carbocycles. The van der Waals surface area contributed by atoms with Crippen molar-refractivity contribution in [2.24, 2.45) is 0 Å². The van der Waals surface area contributed by atoms with Gasteiger partial charge in [0.05, 0.1) is 30.4 Å². The number of hydrogen-bond donors (Lipinski definition) is 3. The van der Waals surface area contributed by atoms with Crippen LogP contribution in [-0.2, 0) is 9.59 Å². The number of carboxylic acids is 1. The molecule has 0 unspecified atom stereocenters. The molecule has 0 spiro atoms. The number of hydrogen-bond acceptors (Lipinski definition) is 7. The van der Waals surface area contributed by atoms with Crippen LogP contribution in [-0.4, -0.2) is 30.6 Å². The van der Waals surface area contributed by atoms with E-state index in [-0.39, 0.29) is 41.1 Å². The van der Waals surface area contributed by atoms with E-state index in [4.69, 9.17) is 20.4 Å². The largest absolute Gasteiger partial charge is 0.496 e. The molecule has 1 aliphatic rings. The third kappa shape index (κ3) is 3.87. The van der Waals surface area contributed by atoms with Crippen molar-refractivity contribution < 1.29 is 19.4 Å². The molecule has 9 heteroatoms. The number of carbonyl (C=O) groups is 2. The van der Waals surface area contributed by atoms with E-state index in [9.17, 15) is 14.9 Å². The topological polar surface area (TPSA) is 159 Å². The smallest absolute Gasteiger partial charge is 0.305 e. The summed E-state index contributed by atoms with van der Waals surface area (Å²) in [4.78, 5) is 23.0. The van der Waals surface area contributed by atoms with Crippen molar-refractivity contribution in [3.05, 3.63) is 40.6 Å². The molecule has 0 saturated carbocycles. The van der Waals surface area contributed by atoms with Gasteiger partial charge in [-0.25, -0.2) is 0 Å². The number of ether oxygens (including phenoxy) is 1. The van der Waals surface area contributed by atoms with Gasteiger partial charge in [-0.3, -0.25) is 9.59 Å². The number of benzene rings is 1. The van der Waals surface area contributed by atoms with Crippen LogP contribution in [0.25, 0.3) is 5.57 Å². The lowest BCUT2D eigenvalue weighted by Crippen LogP contribution is -2.17. The Kier molecular flexibility index (Phi) is 5.78. The average Bonchev–Trinajstić information content (AvgIpc) is 2.98. The minimum absolute atomic E-state index is 0.00978. The summed E-state index contributed by atoms with van der Waals surface area (Å²) in [5, 5.41) is 41.4. The molecule has 0 radical (unpaired) electrons. The maximum atomic E-state index is 12.4. The number of methoxy groups -OCH3 is 1. The number of nitrogens with one attached hydrogen (secondary N) is 2. The Morgan fingerprint density at radius 1 is 1.30 bits per heavy atom. The molecule has 0 atom stereocenters. The highest BCUT2D eigenvalue weighted by atomic mass is 16.5. The van der Waals surface area contributed by atoms with Gasteiger partial charge in [0, 0.05) is 23.9 Å². The first-order valence-electron chi connectivity index (χ1n) is 7.61. The molecule has 9 nitrogen and oxygen atoms in total. The summed E-state index contributed by atoms with van der Waals surface area (Å²) in [6, 6.07) is 9.85. The number of allylic oxidation sites excluding steroid dienone is 2. The Hall–Kier alpha value is -4.29. The van der Waals surface area contributed by atoms with E-state index < -0.39 is 11.9 Å². The fourth-order valence-corrected chi connectivity index (χ4v) is 2.49. The molecule has 0 fully saturated rings. The number of carbonyl (C=O) groups excluding carboxylic acids is 1. The van der Waals surface area contributed by atoms with Gasteiger partial charge in [-0.15, -0.1) is 0 Å². The minimum atomic E-state index is -0.942. The predicted octanol–water partition coefficient (Wildman–Crippen LogP) is 1.29. The van der Waals surface area contributed by atoms with E-state index >= 15 is 0 Å². The Labute approximate surface area is 154 Å². The van der Waals surface area contributed by atoms with Gasteiger partial charge in [-0.2, -0.15) is 15.8 Å². The molecule has 3 N–H and O–H groups in total. The second-order valence-corrected chi connectivity index (χ2v) is 5.28. The van der Waals surface area contributed by atoms with Gasteiger partial charge in [0.15, 0.2) is 5.57 Å². The lowest BCUT2D eigenvalue weighted by molar-refractivity contribution is -0.136. The molecular weight excluding hydrogens is 350 g/mol. The molecule has 1 aromatic rings. The van der Waals surface area contributed by atoms with Crippen LogP contribution in [0, 0.1) is 34.0 Å². The summed E-state index contributed by atoms with van der Waals surface area (Å²) in [5.41, 5.74) is 0.238. The normalized spacial score (nSPS) is 12.5. The van der Waals surface area contributed by atoms with Crippen molar-refractivity contribution in [3.8, 4) is 24.0 Å². The first-order valence-corrected chi connectivity index (χ1v) is 7.61. The van der Waals surface area contributed by atoms with Gasteiger partial charge in [0.2, 0.25) is 0 Å². The third-order valence-electron chi connectivity index (χ3n) is 3.69. The fraction of sp³-hybridized carbons (Fsp3) is 0.167. The number of nitriles is 3. The Morgan fingerprint density at radius 3 is 2.56 bits per heavy atom. The highest BCUT2D eigenvalue weighted by Gasteiger charge is 2.32. The summed E-state index contributed by atoms with van der Waals surface area (Å²) in [7, 11) is 1.38. The molecule has 0 bridgehead atoms. The van der Waals surface area contributed by atoms with E-state index in [0.29, 0.717) is 11.3 Å². The van der Waals surface area contributed by atoms with Crippen LogP contribution in [0.1, 0.15) is 12.0 Å². The zero-order chi connectivity index (χ0) is 20.0. The van der Waals surface area contributed by atoms with Crippen molar-refractivity contribution in [2.45, 2.75) is 6.42 Å². The number of nitrogens with zero attached hydrogens (tertiary/aromatic N) is 3. The lowest BCUT2D eigenvalue weighted by Gasteiger charge is -2.12. The number of carboxylic acid groups (broad SMARTS) is 1. The highest BCUT2D eigenvalue weighted by Crippen LogP contribution is 2.36. The van der Waals surface area contributed by atoms with Gasteiger partial charge in [-0.1, -0.05) is 0 Å². The van der Waals surface area contributed by atoms with Crippen LogP contribution < -0.4 is 15.4 Å². The summed E-state index contributed by atoms with van der Waals surface area (Å²) in [5.74, 6) is -1.30. The lowest BCUT2D eigenvalue weighted by atomic mass is 9.98. The van der Waals surface area contributed by atoms with Crippen molar-refractivity contribution >= 4 is 23.1 Å². The fourth-order valence-electron chi connectivity index (χ4n) is 2.49. The first kappa shape index (κ1) is 19.0. The Morgan fingerprint density at radius 2 is 2.00 bits per heavy atom. The van der Waals surface area contributed by atoms with E-state index in [1.165, 1.54) is 13.2 Å². The van der Waals surface area contributed by atoms with Crippen molar-refractivity contribution in [1.82, 2.24) is 5.32 Å². The number of amides is 1. The highest BCUT2D eigenvalue weighted by molar-refractivity contribution is 6.26. The summed E-state index contributed by atoms with van der Waals surface area (Å²) in [6.07, 6.45) is -0.0740. The minimum Gasteiger partial charge on any atom is -0.496 e. The predicted molar refractivity (Wildman–Crippen MR) is 92.7 cm³/mol. The van der Waals surface area contributed by atoms with Crippen molar-refractivity contribution in [1.29, 1.82) is 15.8 Å². The molecule has 27 heavy (non-hydrogen) atoms. The van der Waals surface area contributed by atoms with Gasteiger partial charge in [0.25, 0.3) is 5.91 Å². The van der Waals surface area contributed by atoms with E-state index in [1.807, 2.05) is 6.07 Å². The van der Waals surface area contributed by atoms with Crippen LogP contribution in [0.3, 0.4) is 0 Å². The van der Waals surface area contributed by atoms with Crippen LogP contribution in [0.5, 0.6) is 5.75 Å². The van der Waals surface area contributed by atoms with Crippen LogP contribution in [0.15, 0.2) is 35.0 Å². The second kappa shape index (κ2) is 8.19. The molecule has 2 rings (SSSR count). The molecule has 134 valence electrons. The SMILES string of the molecule is COc1cc(NCCC(=O)O)ccc1C1=C(C#N)C(=C(C#N)C#N)NC1=O. The quantitative estimate of drug-likeness (QED) is 0.637. The third-order valence-corrected chi connectivity index (χ3v) is 3.69. The molecule has 1 aromatic carbocycles. The van der Waals surface area contributed by atoms with Gasteiger partial charge in [0.1, 0.15) is 24.0 Å². The van der Waals surface area contributed by atoms with Crippen LogP contribution >= 0.6 is 0 Å². The maximum Gasteiger partial charge on any atom is 0.305 e. The van der Waals surface area contributed by atoms with E-state index in [1.54, 1.807) is 24.3 Å². The van der Waals surface area contributed by atoms with Crippen LogP contribution in [0.2, 0.25) is 0 Å². The van der Waals surface area contributed by atoms with E-state index in [0.717, 1.165) is 0 Å². The zero-order valence-corrected chi connectivity index (χ0v) is 14.2. The summed E-state index contributed by atoms with van der Waals surface area (Å²) in [6.45, 7) is 0.199. The maximum absolute atomic E-state index is 12.4. The molecular formula is C18H13N5O4. The summed E-state index contributed by atoms with van der Waals surface area (Å²) >= 11 is 0. The van der Waals surface area contributed by atoms with Crippen molar-refractivity contribution in [3.63, 3.8) is 0 Å². The van der Waals surface area contributed by atoms with Crippen molar-refractivity contribution in [2.75, 3.05) is 19.0 Å². The summed E-state index contributed by atoms with van der Waals surface area (Å²) < 4.78 is 5.29. The van der Waals surface area contributed by atoms with Gasteiger partial charge < -0.3 is 20.5 Å². The number of rotatable bonds is 6. The standard InChI is InChI=1S/C18H13N5O4/c1-27-14-6-11(22-5-4-15(24)25)2-3-12(14)16-13(9-21)17(23-18(16)26)10(7-19)8-20/h2-3,6,22H,4-5H2,1H3,(H,23,26)(H,24,25). The monoisotopic (exact) mass is 363 g/mol. The molecule has 1 aliphatic heterocycles. The zero-order valence-electron chi connectivity index (χ0n) is 14.2. The van der Waals surface area contributed by atoms with Crippen LogP contribution in [0.4, 0.5) is 5.69 Å². The molecule has 0 saturated heterocycles. The first-order chi connectivity index (χ1) is 13.0. The molecule has 1 amide bonds. The van der Waals surface area contributed by atoms with E-state index in [2.05, 4.69) is 10.6 Å². The van der Waals surface area contributed by atoms with Gasteiger partial charge in [-0.05, 0) is 12.1 Å². The average molecular weight is 363 g/mol. The molecule has 0 aromatic heterocycles. The van der Waals surface area contributed by atoms with Gasteiger partial charge >= 0.3 is 5.97 Å². The number of anilines is 1.